The SMILES string of the molecule is COC1=CC(N)=C(C=O)CC1C. The van der Waals surface area contributed by atoms with Crippen molar-refractivity contribution in [1.82, 2.24) is 0 Å². The maximum Gasteiger partial charge on any atom is 0.148 e. The highest BCUT2D eigenvalue weighted by Crippen LogP contribution is 2.26. The average molecular weight is 167 g/mol. The summed E-state index contributed by atoms with van der Waals surface area (Å²) in [5.41, 5.74) is 6.81. The van der Waals surface area contributed by atoms with Crippen LogP contribution < -0.4 is 5.73 Å². The van der Waals surface area contributed by atoms with Gasteiger partial charge >= 0.3 is 0 Å². The Bertz CT molecular complexity index is 253. The van der Waals surface area contributed by atoms with Gasteiger partial charge in [0.25, 0.3) is 0 Å². The second-order valence-corrected chi connectivity index (χ2v) is 2.95. The van der Waals surface area contributed by atoms with E-state index in [2.05, 4.69) is 0 Å². The molecule has 0 heterocycles. The van der Waals surface area contributed by atoms with Crippen molar-refractivity contribution >= 4 is 6.29 Å². The van der Waals surface area contributed by atoms with Gasteiger partial charge in [0.1, 0.15) is 12.0 Å². The van der Waals surface area contributed by atoms with Gasteiger partial charge in [-0.05, 0) is 12.5 Å². The summed E-state index contributed by atoms with van der Waals surface area (Å²) >= 11 is 0. The van der Waals surface area contributed by atoms with E-state index in [0.717, 1.165) is 12.0 Å². The Hall–Kier alpha value is -1.25. The highest BCUT2D eigenvalue weighted by molar-refractivity contribution is 5.76. The number of hydrogen-bond donors (Lipinski definition) is 1. The van der Waals surface area contributed by atoms with Crippen LogP contribution >= 0.6 is 0 Å². The molecule has 0 radical (unpaired) electrons. The van der Waals surface area contributed by atoms with Crippen LogP contribution in [-0.2, 0) is 9.53 Å². The third kappa shape index (κ3) is 1.49. The summed E-state index contributed by atoms with van der Waals surface area (Å²) in [4.78, 5) is 10.5. The first kappa shape index (κ1) is 8.84. The molecule has 3 nitrogen and oxygen atoms in total. The molecule has 0 amide bonds. The summed E-state index contributed by atoms with van der Waals surface area (Å²) < 4.78 is 5.10. The molecule has 1 atom stereocenters. The Morgan fingerprint density at radius 3 is 2.92 bits per heavy atom. The number of nitrogens with two attached hydrogens (primary N) is 1. The molecule has 0 aromatic rings. The van der Waals surface area contributed by atoms with Crippen LogP contribution in [0.15, 0.2) is 23.1 Å². The second kappa shape index (κ2) is 3.43. The third-order valence-corrected chi connectivity index (χ3v) is 2.06. The maximum atomic E-state index is 10.5. The van der Waals surface area contributed by atoms with Gasteiger partial charge < -0.3 is 10.5 Å². The van der Waals surface area contributed by atoms with Crippen LogP contribution in [0.1, 0.15) is 13.3 Å². The van der Waals surface area contributed by atoms with Crippen LogP contribution in [0.3, 0.4) is 0 Å². The Balaban J connectivity index is 2.94. The van der Waals surface area contributed by atoms with Crippen LogP contribution in [0.5, 0.6) is 0 Å². The van der Waals surface area contributed by atoms with Crippen molar-refractivity contribution in [2.24, 2.45) is 11.7 Å². The highest BCUT2D eigenvalue weighted by atomic mass is 16.5. The molecule has 1 aliphatic carbocycles. The quantitative estimate of drug-likeness (QED) is 0.623. The van der Waals surface area contributed by atoms with Gasteiger partial charge in [-0.15, -0.1) is 0 Å². The van der Waals surface area contributed by atoms with Crippen LogP contribution in [0.25, 0.3) is 0 Å². The normalized spacial score (nSPS) is 23.5. The number of hydrogen-bond acceptors (Lipinski definition) is 3. The number of methoxy groups -OCH3 is 1. The van der Waals surface area contributed by atoms with Gasteiger partial charge in [0.2, 0.25) is 0 Å². The van der Waals surface area contributed by atoms with Gasteiger partial charge in [0.15, 0.2) is 0 Å². The summed E-state index contributed by atoms with van der Waals surface area (Å²) in [6.07, 6.45) is 3.21. The van der Waals surface area contributed by atoms with Crippen molar-refractivity contribution < 1.29 is 9.53 Å². The zero-order chi connectivity index (χ0) is 9.14. The van der Waals surface area contributed by atoms with Crippen molar-refractivity contribution in [3.05, 3.63) is 23.1 Å². The first-order valence-electron chi connectivity index (χ1n) is 3.88. The molecule has 0 bridgehead atoms. The molecule has 0 saturated carbocycles. The lowest BCUT2D eigenvalue weighted by Crippen LogP contribution is -2.14. The number of rotatable bonds is 2. The fourth-order valence-electron chi connectivity index (χ4n) is 1.31. The Kier molecular flexibility index (Phi) is 2.53. The second-order valence-electron chi connectivity index (χ2n) is 2.95. The fourth-order valence-corrected chi connectivity index (χ4v) is 1.31. The molecule has 0 aromatic heterocycles. The van der Waals surface area contributed by atoms with E-state index in [1.54, 1.807) is 13.2 Å². The molecular weight excluding hydrogens is 154 g/mol. The van der Waals surface area contributed by atoms with Crippen molar-refractivity contribution in [3.63, 3.8) is 0 Å². The molecule has 1 rings (SSSR count). The molecule has 0 aromatic carbocycles. The van der Waals surface area contributed by atoms with E-state index in [1.807, 2.05) is 6.92 Å². The molecule has 1 unspecified atom stereocenters. The Labute approximate surface area is 71.9 Å². The summed E-state index contributed by atoms with van der Waals surface area (Å²) in [6, 6.07) is 0. The zero-order valence-corrected chi connectivity index (χ0v) is 7.33. The lowest BCUT2D eigenvalue weighted by molar-refractivity contribution is -0.105. The van der Waals surface area contributed by atoms with Crippen molar-refractivity contribution in [3.8, 4) is 0 Å². The number of ether oxygens (including phenoxy) is 1. The number of carbonyl (C=O) groups is 1. The summed E-state index contributed by atoms with van der Waals surface area (Å²) in [6.45, 7) is 2.01. The predicted molar refractivity (Wildman–Crippen MR) is 46.2 cm³/mol. The van der Waals surface area contributed by atoms with Crippen LogP contribution in [0, 0.1) is 5.92 Å². The lowest BCUT2D eigenvalue weighted by atomic mass is 9.93. The molecule has 0 spiro atoms. The van der Waals surface area contributed by atoms with E-state index in [9.17, 15) is 4.79 Å². The lowest BCUT2D eigenvalue weighted by Gasteiger charge is -2.20. The molecule has 0 saturated heterocycles. The molecule has 1 aliphatic rings. The van der Waals surface area contributed by atoms with Crippen LogP contribution in [0.2, 0.25) is 0 Å². The summed E-state index contributed by atoms with van der Waals surface area (Å²) in [7, 11) is 1.61. The van der Waals surface area contributed by atoms with Crippen molar-refractivity contribution in [2.75, 3.05) is 7.11 Å². The van der Waals surface area contributed by atoms with Crippen LogP contribution in [-0.4, -0.2) is 13.4 Å². The molecule has 12 heavy (non-hydrogen) atoms. The maximum absolute atomic E-state index is 10.5. The number of aldehydes is 1. The first-order chi connectivity index (χ1) is 5.69. The molecule has 66 valence electrons. The highest BCUT2D eigenvalue weighted by Gasteiger charge is 2.18. The molecule has 3 heteroatoms. The van der Waals surface area contributed by atoms with E-state index in [1.165, 1.54) is 0 Å². The monoisotopic (exact) mass is 167 g/mol. The van der Waals surface area contributed by atoms with Crippen molar-refractivity contribution in [1.29, 1.82) is 0 Å². The van der Waals surface area contributed by atoms with E-state index in [0.29, 0.717) is 17.7 Å². The molecule has 2 N–H and O–H groups in total. The van der Waals surface area contributed by atoms with E-state index >= 15 is 0 Å². The largest absolute Gasteiger partial charge is 0.501 e. The smallest absolute Gasteiger partial charge is 0.148 e. The minimum atomic E-state index is 0.252. The van der Waals surface area contributed by atoms with Crippen LogP contribution in [0.4, 0.5) is 0 Å². The zero-order valence-electron chi connectivity index (χ0n) is 7.33. The molecule has 0 fully saturated rings. The molecular formula is C9H13NO2. The third-order valence-electron chi connectivity index (χ3n) is 2.06. The Morgan fingerprint density at radius 1 is 1.75 bits per heavy atom. The van der Waals surface area contributed by atoms with Gasteiger partial charge in [-0.25, -0.2) is 0 Å². The van der Waals surface area contributed by atoms with E-state index in [-0.39, 0.29) is 5.92 Å². The van der Waals surface area contributed by atoms with Gasteiger partial charge in [-0.3, -0.25) is 4.79 Å². The fraction of sp³-hybridized carbons (Fsp3) is 0.444. The summed E-state index contributed by atoms with van der Waals surface area (Å²) in [5.74, 6) is 1.10. The minimum absolute atomic E-state index is 0.252. The topological polar surface area (TPSA) is 52.3 Å². The van der Waals surface area contributed by atoms with E-state index < -0.39 is 0 Å². The Morgan fingerprint density at radius 2 is 2.42 bits per heavy atom. The predicted octanol–water partition coefficient (Wildman–Crippen LogP) is 0.968. The molecule has 0 aliphatic heterocycles. The first-order valence-corrected chi connectivity index (χ1v) is 3.88. The minimum Gasteiger partial charge on any atom is -0.501 e. The van der Waals surface area contributed by atoms with E-state index in [4.69, 9.17) is 10.5 Å². The van der Waals surface area contributed by atoms with Gasteiger partial charge in [0.05, 0.1) is 7.11 Å². The number of allylic oxidation sites excluding steroid dienone is 3. The van der Waals surface area contributed by atoms with Gasteiger partial charge in [-0.1, -0.05) is 6.92 Å². The summed E-state index contributed by atoms with van der Waals surface area (Å²) in [5, 5.41) is 0. The van der Waals surface area contributed by atoms with Crippen molar-refractivity contribution in [2.45, 2.75) is 13.3 Å². The van der Waals surface area contributed by atoms with Gasteiger partial charge in [0, 0.05) is 17.2 Å². The number of carbonyl (C=O) groups excluding carboxylic acids is 1. The average Bonchev–Trinajstić information content (AvgIpc) is 2.08. The van der Waals surface area contributed by atoms with Gasteiger partial charge in [-0.2, -0.15) is 0 Å². The standard InChI is InChI=1S/C9H13NO2/c1-6-3-7(5-11)8(10)4-9(6)12-2/h4-6H,3,10H2,1-2H3.